The van der Waals surface area contributed by atoms with Crippen LogP contribution < -0.4 is 14.8 Å². The van der Waals surface area contributed by atoms with Gasteiger partial charge in [-0.15, -0.1) is 18.3 Å². The number of thioether (sulfide) groups is 1. The number of hydrogen-bond donors (Lipinski definition) is 1. The zero-order valence-electron chi connectivity index (χ0n) is 16.1. The van der Waals surface area contributed by atoms with E-state index in [-0.39, 0.29) is 28.0 Å². The number of nitrogens with one attached hydrogen (secondary N) is 1. The second-order valence-corrected chi connectivity index (χ2v) is 6.83. The average Bonchev–Trinajstić information content (AvgIpc) is 3.20. The summed E-state index contributed by atoms with van der Waals surface area (Å²) in [5.74, 6) is -0.913. The number of rotatable bonds is 8. The smallest absolute Gasteiger partial charge is 0.496 e. The fourth-order valence-electron chi connectivity index (χ4n) is 2.43. The molecule has 2 aromatic carbocycles. The lowest BCUT2D eigenvalue weighted by Crippen LogP contribution is -2.17. The summed E-state index contributed by atoms with van der Waals surface area (Å²) in [5, 5.41) is 24.8. The van der Waals surface area contributed by atoms with E-state index in [0.29, 0.717) is 5.69 Å². The number of carbonyl (C=O) groups excluding carboxylic acids is 1. The highest BCUT2D eigenvalue weighted by Gasteiger charge is 2.31. The highest BCUT2D eigenvalue weighted by molar-refractivity contribution is 7.99. The first-order valence-electron chi connectivity index (χ1n) is 8.56. The average molecular weight is 470 g/mol. The summed E-state index contributed by atoms with van der Waals surface area (Å²) in [6, 6.07) is 8.78. The summed E-state index contributed by atoms with van der Waals surface area (Å²) >= 11 is 0.921. The summed E-state index contributed by atoms with van der Waals surface area (Å²) in [5.41, 5.74) is -0.0202. The number of nitrogens with zero attached hydrogens (tertiary/aromatic N) is 5. The fraction of sp³-hybridized carbons (Fsp3) is 0.176. The zero-order valence-corrected chi connectivity index (χ0v) is 16.9. The number of ether oxygens (including phenoxy) is 2. The Labute approximate surface area is 181 Å². The number of tetrazole rings is 1. The third kappa shape index (κ3) is 5.84. The topological polar surface area (TPSA) is 134 Å². The molecule has 1 aromatic heterocycles. The predicted molar refractivity (Wildman–Crippen MR) is 105 cm³/mol. The number of hydrogen-bond acceptors (Lipinski definition) is 9. The molecule has 168 valence electrons. The second-order valence-electron chi connectivity index (χ2n) is 5.89. The molecule has 1 N–H and O–H groups in total. The van der Waals surface area contributed by atoms with E-state index >= 15 is 0 Å². The van der Waals surface area contributed by atoms with E-state index in [4.69, 9.17) is 4.74 Å². The van der Waals surface area contributed by atoms with Crippen LogP contribution in [0.2, 0.25) is 0 Å². The second kappa shape index (κ2) is 9.51. The first kappa shape index (κ1) is 22.8. The number of methoxy groups -OCH3 is 1. The van der Waals surface area contributed by atoms with Crippen LogP contribution in [0.4, 0.5) is 24.5 Å². The maximum atomic E-state index is 12.3. The maximum Gasteiger partial charge on any atom is 0.573 e. The van der Waals surface area contributed by atoms with Crippen molar-refractivity contribution in [1.82, 2.24) is 20.2 Å². The number of anilines is 1. The van der Waals surface area contributed by atoms with Gasteiger partial charge in [0.25, 0.3) is 5.69 Å². The predicted octanol–water partition coefficient (Wildman–Crippen LogP) is 3.21. The molecule has 1 heterocycles. The molecule has 0 unspecified atom stereocenters. The first-order valence-corrected chi connectivity index (χ1v) is 9.54. The first-order chi connectivity index (χ1) is 15.2. The van der Waals surface area contributed by atoms with Crippen LogP contribution in [-0.2, 0) is 4.79 Å². The van der Waals surface area contributed by atoms with Gasteiger partial charge in [0.15, 0.2) is 0 Å². The molecular formula is C17H13F3N6O5S. The van der Waals surface area contributed by atoms with Crippen LogP contribution in [0.5, 0.6) is 11.5 Å². The normalized spacial score (nSPS) is 11.1. The van der Waals surface area contributed by atoms with Crippen molar-refractivity contribution < 1.29 is 32.4 Å². The van der Waals surface area contributed by atoms with Crippen molar-refractivity contribution in [3.8, 4) is 17.2 Å². The largest absolute Gasteiger partial charge is 0.573 e. The van der Waals surface area contributed by atoms with E-state index in [2.05, 4.69) is 25.6 Å². The molecule has 0 aliphatic rings. The van der Waals surface area contributed by atoms with E-state index in [0.717, 1.165) is 23.9 Å². The monoisotopic (exact) mass is 470 g/mol. The van der Waals surface area contributed by atoms with Crippen molar-refractivity contribution in [2.45, 2.75) is 11.5 Å². The molecule has 3 aromatic rings. The van der Waals surface area contributed by atoms with Crippen molar-refractivity contribution in [1.29, 1.82) is 0 Å². The maximum absolute atomic E-state index is 12.3. The molecule has 0 saturated carbocycles. The van der Waals surface area contributed by atoms with Gasteiger partial charge in [0.2, 0.25) is 11.1 Å². The molecule has 0 radical (unpaired) electrons. The number of nitro benzene ring substituents is 1. The Bertz CT molecular complexity index is 1120. The molecule has 0 spiro atoms. The van der Waals surface area contributed by atoms with Gasteiger partial charge in [-0.1, -0.05) is 11.8 Å². The van der Waals surface area contributed by atoms with Crippen LogP contribution in [0.25, 0.3) is 5.69 Å². The molecule has 0 saturated heterocycles. The summed E-state index contributed by atoms with van der Waals surface area (Å²) in [7, 11) is 1.36. The minimum Gasteiger partial charge on any atom is -0.496 e. The van der Waals surface area contributed by atoms with E-state index in [1.807, 2.05) is 0 Å². The molecule has 0 aliphatic heterocycles. The SMILES string of the molecule is COc1ccc(NC(=O)CSc2nnnn2-c2ccc(OC(F)(F)F)cc2)c([N+](=O)[O-])c1. The van der Waals surface area contributed by atoms with Crippen LogP contribution >= 0.6 is 11.8 Å². The molecule has 3 rings (SSSR count). The summed E-state index contributed by atoms with van der Waals surface area (Å²) in [4.78, 5) is 22.8. The molecule has 0 aliphatic carbocycles. The quantitative estimate of drug-likeness (QED) is 0.299. The summed E-state index contributed by atoms with van der Waals surface area (Å²) in [6.45, 7) is 0. The third-order valence-electron chi connectivity index (χ3n) is 3.76. The van der Waals surface area contributed by atoms with Crippen molar-refractivity contribution in [2.75, 3.05) is 18.2 Å². The Hall–Kier alpha value is -3.88. The lowest BCUT2D eigenvalue weighted by Gasteiger charge is -2.10. The molecule has 11 nitrogen and oxygen atoms in total. The van der Waals surface area contributed by atoms with E-state index < -0.39 is 22.9 Å². The standard InChI is InChI=1S/C17H13F3N6O5S/c1-30-12-6-7-13(14(8-12)26(28)29)21-15(27)9-32-16-22-23-24-25(16)10-2-4-11(5-3-10)31-17(18,19)20/h2-8H,9H2,1H3,(H,21,27). The van der Waals surface area contributed by atoms with Crippen LogP contribution in [0.3, 0.4) is 0 Å². The Morgan fingerprint density at radius 3 is 2.53 bits per heavy atom. The number of amides is 1. The van der Waals surface area contributed by atoms with Gasteiger partial charge in [0, 0.05) is 0 Å². The van der Waals surface area contributed by atoms with Gasteiger partial charge in [0.05, 0.1) is 29.5 Å². The van der Waals surface area contributed by atoms with Gasteiger partial charge in [-0.3, -0.25) is 14.9 Å². The number of benzene rings is 2. The highest BCUT2D eigenvalue weighted by Crippen LogP contribution is 2.29. The van der Waals surface area contributed by atoms with E-state index in [1.54, 1.807) is 0 Å². The number of nitro groups is 1. The number of carbonyl (C=O) groups is 1. The van der Waals surface area contributed by atoms with Crippen molar-refractivity contribution in [3.05, 3.63) is 52.6 Å². The lowest BCUT2D eigenvalue weighted by atomic mass is 10.2. The summed E-state index contributed by atoms with van der Waals surface area (Å²) in [6.07, 6.45) is -4.82. The Morgan fingerprint density at radius 2 is 1.91 bits per heavy atom. The minimum absolute atomic E-state index is 0.0127. The molecular weight excluding hydrogens is 457 g/mol. The highest BCUT2D eigenvalue weighted by atomic mass is 32.2. The van der Waals surface area contributed by atoms with Crippen LogP contribution in [-0.4, -0.2) is 50.3 Å². The number of halogens is 3. The number of aromatic nitrogens is 4. The van der Waals surface area contributed by atoms with Crippen LogP contribution in [0, 0.1) is 10.1 Å². The molecule has 32 heavy (non-hydrogen) atoms. The van der Waals surface area contributed by atoms with Gasteiger partial charge < -0.3 is 14.8 Å². The fourth-order valence-corrected chi connectivity index (χ4v) is 3.12. The van der Waals surface area contributed by atoms with Crippen LogP contribution in [0.1, 0.15) is 0 Å². The van der Waals surface area contributed by atoms with Crippen molar-refractivity contribution in [2.24, 2.45) is 0 Å². The Kier molecular flexibility index (Phi) is 6.77. The van der Waals surface area contributed by atoms with Gasteiger partial charge in [-0.2, -0.15) is 4.68 Å². The Morgan fingerprint density at radius 1 is 1.22 bits per heavy atom. The zero-order chi connectivity index (χ0) is 23.3. The number of alkyl halides is 3. The third-order valence-corrected chi connectivity index (χ3v) is 4.68. The minimum atomic E-state index is -4.82. The van der Waals surface area contributed by atoms with Crippen LogP contribution in [0.15, 0.2) is 47.6 Å². The van der Waals surface area contributed by atoms with E-state index in [9.17, 15) is 28.1 Å². The van der Waals surface area contributed by atoms with Crippen molar-refractivity contribution in [3.63, 3.8) is 0 Å². The molecule has 0 atom stereocenters. The summed E-state index contributed by atoms with van der Waals surface area (Å²) < 4.78 is 46.8. The van der Waals surface area contributed by atoms with Gasteiger partial charge in [-0.25, -0.2) is 0 Å². The van der Waals surface area contributed by atoms with Gasteiger partial charge in [-0.05, 0) is 46.8 Å². The molecule has 0 bridgehead atoms. The molecule has 15 heteroatoms. The van der Waals surface area contributed by atoms with Crippen molar-refractivity contribution >= 4 is 29.0 Å². The van der Waals surface area contributed by atoms with Gasteiger partial charge >= 0.3 is 6.36 Å². The molecule has 1 amide bonds. The Balaban J connectivity index is 1.66. The van der Waals surface area contributed by atoms with Gasteiger partial charge in [0.1, 0.15) is 17.2 Å². The molecule has 0 fully saturated rings. The van der Waals surface area contributed by atoms with E-state index in [1.165, 1.54) is 42.1 Å². The lowest BCUT2D eigenvalue weighted by molar-refractivity contribution is -0.384.